The van der Waals surface area contributed by atoms with Gasteiger partial charge in [0.25, 0.3) is 0 Å². The summed E-state index contributed by atoms with van der Waals surface area (Å²) in [5, 5.41) is 4.74. The molecule has 1 atom stereocenters. The summed E-state index contributed by atoms with van der Waals surface area (Å²) in [4.78, 5) is 26.2. The summed E-state index contributed by atoms with van der Waals surface area (Å²) in [6.07, 6.45) is -0.618. The maximum absolute atomic E-state index is 12.6. The Morgan fingerprint density at radius 2 is 1.67 bits per heavy atom. The molecule has 0 aliphatic heterocycles. The van der Waals surface area contributed by atoms with Crippen LogP contribution in [0, 0.1) is 0 Å². The van der Waals surface area contributed by atoms with Gasteiger partial charge in [-0.05, 0) is 47.0 Å². The summed E-state index contributed by atoms with van der Waals surface area (Å²) in [5.41, 5.74) is 1.89. The van der Waals surface area contributed by atoms with E-state index in [0.29, 0.717) is 6.54 Å². The molecule has 0 aliphatic carbocycles. The van der Waals surface area contributed by atoms with Crippen molar-refractivity contribution in [2.45, 2.75) is 26.1 Å². The zero-order valence-electron chi connectivity index (χ0n) is 17.4. The number of fused-ring (bicyclic) bond motifs is 1. The Morgan fingerprint density at radius 3 is 2.40 bits per heavy atom. The van der Waals surface area contributed by atoms with Gasteiger partial charge in [0.2, 0.25) is 5.91 Å². The second-order valence-electron chi connectivity index (χ2n) is 7.17. The Hall–Kier alpha value is -3.54. The summed E-state index contributed by atoms with van der Waals surface area (Å²) in [6.45, 7) is 2.24. The fourth-order valence-corrected chi connectivity index (χ4v) is 3.18. The molecule has 0 bridgehead atoms. The Labute approximate surface area is 176 Å². The highest BCUT2D eigenvalue weighted by Crippen LogP contribution is 2.22. The highest BCUT2D eigenvalue weighted by Gasteiger charge is 2.20. The lowest BCUT2D eigenvalue weighted by Crippen LogP contribution is -2.45. The van der Waals surface area contributed by atoms with Crippen molar-refractivity contribution in [2.75, 3.05) is 14.2 Å². The third-order valence-electron chi connectivity index (χ3n) is 4.83. The number of methoxy groups -OCH3 is 1. The lowest BCUT2D eigenvalue weighted by atomic mass is 10.1. The normalized spacial score (nSPS) is 11.6. The van der Waals surface area contributed by atoms with E-state index in [1.807, 2.05) is 66.7 Å². The highest BCUT2D eigenvalue weighted by molar-refractivity contribution is 5.86. The van der Waals surface area contributed by atoms with Crippen LogP contribution in [0.4, 0.5) is 4.79 Å². The average Bonchev–Trinajstić information content (AvgIpc) is 2.77. The van der Waals surface area contributed by atoms with E-state index in [1.54, 1.807) is 26.0 Å². The van der Waals surface area contributed by atoms with Gasteiger partial charge in [0.1, 0.15) is 18.4 Å². The zero-order valence-corrected chi connectivity index (χ0v) is 17.4. The van der Waals surface area contributed by atoms with Crippen LogP contribution in [0.2, 0.25) is 0 Å². The van der Waals surface area contributed by atoms with Gasteiger partial charge in [-0.3, -0.25) is 4.79 Å². The topological polar surface area (TPSA) is 67.9 Å². The third kappa shape index (κ3) is 5.50. The van der Waals surface area contributed by atoms with E-state index in [1.165, 1.54) is 0 Å². The molecule has 1 N–H and O–H groups in total. The van der Waals surface area contributed by atoms with Gasteiger partial charge in [-0.1, -0.05) is 48.5 Å². The zero-order chi connectivity index (χ0) is 21.5. The third-order valence-corrected chi connectivity index (χ3v) is 4.83. The molecule has 3 aromatic carbocycles. The molecule has 0 aromatic heterocycles. The van der Waals surface area contributed by atoms with E-state index in [0.717, 1.165) is 27.6 Å². The van der Waals surface area contributed by atoms with Crippen LogP contribution in [-0.4, -0.2) is 37.1 Å². The summed E-state index contributed by atoms with van der Waals surface area (Å²) in [6, 6.07) is 20.6. The number of nitrogens with one attached hydrogen (secondary N) is 1. The number of carbonyl (C=O) groups excluding carboxylic acids is 2. The van der Waals surface area contributed by atoms with Gasteiger partial charge < -0.3 is 19.7 Å². The van der Waals surface area contributed by atoms with Crippen LogP contribution < -0.4 is 10.1 Å². The van der Waals surface area contributed by atoms with Crippen LogP contribution in [0.25, 0.3) is 10.8 Å². The predicted octanol–water partition coefficient (Wildman–Crippen LogP) is 4.12. The van der Waals surface area contributed by atoms with E-state index in [2.05, 4.69) is 5.32 Å². The molecule has 3 aromatic rings. The lowest BCUT2D eigenvalue weighted by molar-refractivity contribution is -0.132. The highest BCUT2D eigenvalue weighted by atomic mass is 16.5. The number of carbonyl (C=O) groups is 2. The van der Waals surface area contributed by atoms with Crippen molar-refractivity contribution >= 4 is 22.8 Å². The standard InChI is InChI=1S/C24H26N2O4/c1-17(25-24(28)30-16-18-7-5-4-6-8-18)23(27)26(2)15-19-9-10-21-14-22(29-3)12-11-20(21)13-19/h4-14,17H,15-16H2,1-3H3,(H,25,28)/t17-/m0/s1. The molecule has 0 radical (unpaired) electrons. The lowest BCUT2D eigenvalue weighted by Gasteiger charge is -2.22. The molecule has 0 spiro atoms. The van der Waals surface area contributed by atoms with Gasteiger partial charge in [0.05, 0.1) is 7.11 Å². The molecular weight excluding hydrogens is 380 g/mol. The van der Waals surface area contributed by atoms with E-state index in [4.69, 9.17) is 9.47 Å². The molecule has 0 fully saturated rings. The van der Waals surface area contributed by atoms with E-state index in [9.17, 15) is 9.59 Å². The number of alkyl carbamates (subject to hydrolysis) is 1. The number of nitrogens with zero attached hydrogens (tertiary/aromatic N) is 1. The molecule has 0 saturated carbocycles. The fraction of sp³-hybridized carbons (Fsp3) is 0.250. The first kappa shape index (κ1) is 21.2. The molecule has 0 aliphatic rings. The summed E-state index contributed by atoms with van der Waals surface area (Å²) in [7, 11) is 3.36. The molecule has 6 heteroatoms. The smallest absolute Gasteiger partial charge is 0.408 e. The minimum atomic E-state index is -0.692. The van der Waals surface area contributed by atoms with Gasteiger partial charge in [0, 0.05) is 13.6 Å². The minimum absolute atomic E-state index is 0.158. The van der Waals surface area contributed by atoms with Crippen molar-refractivity contribution < 1.29 is 19.1 Å². The quantitative estimate of drug-likeness (QED) is 0.641. The number of benzene rings is 3. The fourth-order valence-electron chi connectivity index (χ4n) is 3.18. The first-order valence-corrected chi connectivity index (χ1v) is 9.75. The molecule has 0 saturated heterocycles. The number of ether oxygens (including phenoxy) is 2. The van der Waals surface area contributed by atoms with Gasteiger partial charge >= 0.3 is 6.09 Å². The molecule has 0 heterocycles. The average molecular weight is 406 g/mol. The molecule has 3 rings (SSSR count). The Bertz CT molecular complexity index is 1020. The summed E-state index contributed by atoms with van der Waals surface area (Å²) < 4.78 is 10.4. The van der Waals surface area contributed by atoms with Crippen molar-refractivity contribution in [2.24, 2.45) is 0 Å². The maximum atomic E-state index is 12.6. The van der Waals surface area contributed by atoms with Gasteiger partial charge in [-0.15, -0.1) is 0 Å². The molecule has 0 unspecified atom stereocenters. The number of rotatable bonds is 7. The van der Waals surface area contributed by atoms with E-state index >= 15 is 0 Å². The van der Waals surface area contributed by atoms with Crippen molar-refractivity contribution in [3.05, 3.63) is 77.9 Å². The van der Waals surface area contributed by atoms with Crippen LogP contribution in [0.5, 0.6) is 5.75 Å². The molecular formula is C24H26N2O4. The van der Waals surface area contributed by atoms with E-state index in [-0.39, 0.29) is 12.5 Å². The van der Waals surface area contributed by atoms with Gasteiger partial charge in [-0.2, -0.15) is 0 Å². The summed E-state index contributed by atoms with van der Waals surface area (Å²) >= 11 is 0. The second kappa shape index (κ2) is 9.78. The minimum Gasteiger partial charge on any atom is -0.497 e. The Balaban J connectivity index is 1.54. The molecule has 156 valence electrons. The van der Waals surface area contributed by atoms with Crippen LogP contribution in [0.3, 0.4) is 0 Å². The molecule has 2 amide bonds. The van der Waals surface area contributed by atoms with Crippen LogP contribution in [0.1, 0.15) is 18.1 Å². The maximum Gasteiger partial charge on any atom is 0.408 e. The molecule has 30 heavy (non-hydrogen) atoms. The number of hydrogen-bond donors (Lipinski definition) is 1. The van der Waals surface area contributed by atoms with Crippen LogP contribution in [0.15, 0.2) is 66.7 Å². The second-order valence-corrected chi connectivity index (χ2v) is 7.17. The van der Waals surface area contributed by atoms with Crippen molar-refractivity contribution in [3.8, 4) is 5.75 Å². The number of likely N-dealkylation sites (N-methyl/N-ethyl adjacent to an activating group) is 1. The Morgan fingerprint density at radius 1 is 0.967 bits per heavy atom. The monoisotopic (exact) mass is 406 g/mol. The number of amides is 2. The predicted molar refractivity (Wildman–Crippen MR) is 116 cm³/mol. The summed E-state index contributed by atoms with van der Waals surface area (Å²) in [5.74, 6) is 0.614. The van der Waals surface area contributed by atoms with Gasteiger partial charge in [-0.25, -0.2) is 4.79 Å². The SMILES string of the molecule is COc1ccc2cc(CN(C)C(=O)[C@H](C)NC(=O)OCc3ccccc3)ccc2c1. The van der Waals surface area contributed by atoms with Crippen molar-refractivity contribution in [3.63, 3.8) is 0 Å². The first-order valence-electron chi connectivity index (χ1n) is 9.75. The molecule has 6 nitrogen and oxygen atoms in total. The van der Waals surface area contributed by atoms with E-state index < -0.39 is 12.1 Å². The van der Waals surface area contributed by atoms with Crippen molar-refractivity contribution in [1.82, 2.24) is 10.2 Å². The Kier molecular flexibility index (Phi) is 6.91. The van der Waals surface area contributed by atoms with Gasteiger partial charge in [0.15, 0.2) is 0 Å². The van der Waals surface area contributed by atoms with Crippen molar-refractivity contribution in [1.29, 1.82) is 0 Å². The number of hydrogen-bond acceptors (Lipinski definition) is 4. The first-order chi connectivity index (χ1) is 14.5. The van der Waals surface area contributed by atoms with Crippen LogP contribution >= 0.6 is 0 Å². The van der Waals surface area contributed by atoms with Crippen LogP contribution in [-0.2, 0) is 22.7 Å². The largest absolute Gasteiger partial charge is 0.497 e.